The van der Waals surface area contributed by atoms with E-state index in [0.717, 1.165) is 38.7 Å². The molecular formula is C18H23N5O4S. The van der Waals surface area contributed by atoms with Crippen LogP contribution in [0.25, 0.3) is 0 Å². The number of amides is 1. The Bertz CT molecular complexity index is 979. The quantitative estimate of drug-likeness (QED) is 0.397. The van der Waals surface area contributed by atoms with E-state index in [0.29, 0.717) is 12.3 Å². The van der Waals surface area contributed by atoms with Gasteiger partial charge in [-0.05, 0) is 43.2 Å². The van der Waals surface area contributed by atoms with Crippen LogP contribution in [0.4, 0.5) is 0 Å². The SMILES string of the molecule is CCCOc1ccc(/C(C)=N\NC(=O)CSc2nn(C)c(=O)n(C)c2=O)cc1. The van der Waals surface area contributed by atoms with Crippen molar-refractivity contribution in [2.24, 2.45) is 19.2 Å². The predicted octanol–water partition coefficient (Wildman–Crippen LogP) is 0.900. The summed E-state index contributed by atoms with van der Waals surface area (Å²) in [5.74, 6) is 0.344. The van der Waals surface area contributed by atoms with Crippen LogP contribution in [0.2, 0.25) is 0 Å². The topological polar surface area (TPSA) is 108 Å². The number of hydrogen-bond donors (Lipinski definition) is 1. The van der Waals surface area contributed by atoms with E-state index in [1.807, 2.05) is 31.2 Å². The van der Waals surface area contributed by atoms with Crippen LogP contribution >= 0.6 is 11.8 Å². The monoisotopic (exact) mass is 405 g/mol. The average molecular weight is 405 g/mol. The summed E-state index contributed by atoms with van der Waals surface area (Å²) in [6, 6.07) is 7.43. The van der Waals surface area contributed by atoms with E-state index in [9.17, 15) is 14.4 Å². The Morgan fingerprint density at radius 1 is 1.25 bits per heavy atom. The number of rotatable bonds is 8. The van der Waals surface area contributed by atoms with Crippen molar-refractivity contribution < 1.29 is 9.53 Å². The maximum absolute atomic E-state index is 12.0. The molecule has 1 aromatic heterocycles. The van der Waals surface area contributed by atoms with Crippen LogP contribution in [0.15, 0.2) is 44.0 Å². The van der Waals surface area contributed by atoms with E-state index in [2.05, 4.69) is 15.6 Å². The highest BCUT2D eigenvalue weighted by Crippen LogP contribution is 2.13. The number of benzene rings is 1. The highest BCUT2D eigenvalue weighted by molar-refractivity contribution is 7.99. The van der Waals surface area contributed by atoms with Gasteiger partial charge in [0.1, 0.15) is 5.75 Å². The molecule has 1 amide bonds. The van der Waals surface area contributed by atoms with Crippen LogP contribution in [-0.2, 0) is 18.9 Å². The van der Waals surface area contributed by atoms with Gasteiger partial charge in [-0.2, -0.15) is 10.2 Å². The Morgan fingerprint density at radius 3 is 2.57 bits per heavy atom. The van der Waals surface area contributed by atoms with Gasteiger partial charge >= 0.3 is 5.69 Å². The Labute approximate surface area is 166 Å². The number of nitrogens with one attached hydrogen (secondary N) is 1. The van der Waals surface area contributed by atoms with Gasteiger partial charge in [-0.3, -0.25) is 14.2 Å². The summed E-state index contributed by atoms with van der Waals surface area (Å²) in [5, 5.41) is 8.03. The largest absolute Gasteiger partial charge is 0.494 e. The van der Waals surface area contributed by atoms with Gasteiger partial charge in [-0.1, -0.05) is 18.7 Å². The van der Waals surface area contributed by atoms with Crippen molar-refractivity contribution in [2.75, 3.05) is 12.4 Å². The minimum Gasteiger partial charge on any atom is -0.494 e. The molecule has 0 aliphatic carbocycles. The lowest BCUT2D eigenvalue weighted by Gasteiger charge is -2.07. The molecule has 0 saturated carbocycles. The molecule has 0 atom stereocenters. The van der Waals surface area contributed by atoms with E-state index >= 15 is 0 Å². The fourth-order valence-electron chi connectivity index (χ4n) is 2.15. The predicted molar refractivity (Wildman–Crippen MR) is 108 cm³/mol. The second-order valence-electron chi connectivity index (χ2n) is 5.97. The fraction of sp³-hybridized carbons (Fsp3) is 0.389. The molecule has 1 N–H and O–H groups in total. The minimum absolute atomic E-state index is 0.0545. The Kier molecular flexibility index (Phi) is 7.56. The Morgan fingerprint density at radius 2 is 1.93 bits per heavy atom. The summed E-state index contributed by atoms with van der Waals surface area (Å²) in [5.41, 5.74) is 2.88. The molecule has 0 aliphatic rings. The van der Waals surface area contributed by atoms with Gasteiger partial charge in [0.05, 0.1) is 18.1 Å². The van der Waals surface area contributed by atoms with Crippen LogP contribution < -0.4 is 21.4 Å². The zero-order chi connectivity index (χ0) is 20.7. The smallest absolute Gasteiger partial charge is 0.346 e. The normalized spacial score (nSPS) is 11.4. The molecule has 150 valence electrons. The summed E-state index contributed by atoms with van der Waals surface area (Å²) in [7, 11) is 2.81. The van der Waals surface area contributed by atoms with E-state index in [-0.39, 0.29) is 16.7 Å². The van der Waals surface area contributed by atoms with Crippen molar-refractivity contribution in [2.45, 2.75) is 25.3 Å². The van der Waals surface area contributed by atoms with Crippen molar-refractivity contribution in [3.05, 3.63) is 50.7 Å². The first-order chi connectivity index (χ1) is 13.3. The van der Waals surface area contributed by atoms with E-state index < -0.39 is 11.2 Å². The minimum atomic E-state index is -0.536. The fourth-order valence-corrected chi connectivity index (χ4v) is 2.92. The third-order valence-electron chi connectivity index (χ3n) is 3.73. The maximum Gasteiger partial charge on any atom is 0.346 e. The summed E-state index contributed by atoms with van der Waals surface area (Å²) in [6.45, 7) is 4.48. The second-order valence-corrected chi connectivity index (χ2v) is 6.93. The van der Waals surface area contributed by atoms with Crippen LogP contribution in [0.1, 0.15) is 25.8 Å². The first kappa shape index (κ1) is 21.4. The van der Waals surface area contributed by atoms with Gasteiger partial charge in [0, 0.05) is 14.1 Å². The zero-order valence-corrected chi connectivity index (χ0v) is 17.1. The van der Waals surface area contributed by atoms with Crippen LogP contribution in [-0.4, -0.2) is 38.3 Å². The molecule has 0 fully saturated rings. The van der Waals surface area contributed by atoms with Gasteiger partial charge < -0.3 is 4.74 Å². The number of ether oxygens (including phenoxy) is 1. The molecule has 0 aliphatic heterocycles. The summed E-state index contributed by atoms with van der Waals surface area (Å²) < 4.78 is 7.53. The van der Waals surface area contributed by atoms with Gasteiger partial charge in [-0.25, -0.2) is 14.9 Å². The summed E-state index contributed by atoms with van der Waals surface area (Å²) in [6.07, 6.45) is 0.938. The number of hydrogen-bond acceptors (Lipinski definition) is 7. The molecule has 0 saturated heterocycles. The molecule has 10 heteroatoms. The first-order valence-corrected chi connectivity index (χ1v) is 9.65. The van der Waals surface area contributed by atoms with E-state index in [4.69, 9.17) is 4.74 Å². The number of thioether (sulfide) groups is 1. The van der Waals surface area contributed by atoms with Crippen molar-refractivity contribution >= 4 is 23.4 Å². The van der Waals surface area contributed by atoms with E-state index in [1.165, 1.54) is 14.1 Å². The molecule has 1 aromatic carbocycles. The summed E-state index contributed by atoms with van der Waals surface area (Å²) >= 11 is 0.947. The van der Waals surface area contributed by atoms with E-state index in [1.54, 1.807) is 6.92 Å². The number of nitrogens with zero attached hydrogens (tertiary/aromatic N) is 4. The second kappa shape index (κ2) is 9.88. The Balaban J connectivity index is 1.94. The van der Waals surface area contributed by atoms with Crippen LogP contribution in [0, 0.1) is 0 Å². The van der Waals surface area contributed by atoms with Crippen molar-refractivity contribution in [3.63, 3.8) is 0 Å². The lowest BCUT2D eigenvalue weighted by molar-refractivity contribution is -0.118. The first-order valence-electron chi connectivity index (χ1n) is 8.67. The van der Waals surface area contributed by atoms with Crippen molar-refractivity contribution in [1.29, 1.82) is 0 Å². The van der Waals surface area contributed by atoms with Crippen molar-refractivity contribution in [1.82, 2.24) is 19.8 Å². The molecule has 9 nitrogen and oxygen atoms in total. The third-order valence-corrected chi connectivity index (χ3v) is 4.66. The number of carbonyl (C=O) groups excluding carboxylic acids is 1. The van der Waals surface area contributed by atoms with Gasteiger partial charge in [0.2, 0.25) is 5.91 Å². The van der Waals surface area contributed by atoms with Gasteiger partial charge in [0.15, 0.2) is 5.03 Å². The molecule has 1 heterocycles. The molecule has 2 aromatic rings. The lowest BCUT2D eigenvalue weighted by Crippen LogP contribution is -2.39. The van der Waals surface area contributed by atoms with Gasteiger partial charge in [0.25, 0.3) is 5.56 Å². The third kappa shape index (κ3) is 5.56. The number of carbonyl (C=O) groups is 1. The Hall–Kier alpha value is -2.88. The molecule has 0 radical (unpaired) electrons. The number of aromatic nitrogens is 3. The maximum atomic E-state index is 12.0. The molecular weight excluding hydrogens is 382 g/mol. The lowest BCUT2D eigenvalue weighted by atomic mass is 10.1. The zero-order valence-electron chi connectivity index (χ0n) is 16.3. The summed E-state index contributed by atoms with van der Waals surface area (Å²) in [4.78, 5) is 35.6. The number of hydrazone groups is 1. The van der Waals surface area contributed by atoms with Crippen molar-refractivity contribution in [3.8, 4) is 5.75 Å². The number of aryl methyl sites for hydroxylation is 1. The average Bonchev–Trinajstić information content (AvgIpc) is 2.70. The highest BCUT2D eigenvalue weighted by atomic mass is 32.2. The van der Waals surface area contributed by atoms with Crippen LogP contribution in [0.3, 0.4) is 0 Å². The van der Waals surface area contributed by atoms with Crippen LogP contribution in [0.5, 0.6) is 5.75 Å². The standard InChI is InChI=1S/C18H23N5O4S/c1-5-10-27-14-8-6-13(7-9-14)12(2)19-20-15(24)11-28-16-17(25)22(3)18(26)23(4)21-16/h6-9H,5,10-11H2,1-4H3,(H,20,24)/b19-12-. The molecule has 0 bridgehead atoms. The molecule has 0 spiro atoms. The highest BCUT2D eigenvalue weighted by Gasteiger charge is 2.11. The molecule has 0 unspecified atom stereocenters. The van der Waals surface area contributed by atoms with Gasteiger partial charge in [-0.15, -0.1) is 0 Å². The molecule has 2 rings (SSSR count). The molecule has 28 heavy (non-hydrogen) atoms.